The Bertz CT molecular complexity index is 307. The van der Waals surface area contributed by atoms with E-state index in [1.807, 2.05) is 45.0 Å². The van der Waals surface area contributed by atoms with Gasteiger partial charge in [-0.3, -0.25) is 0 Å². The predicted octanol–water partition coefficient (Wildman–Crippen LogP) is 3.16. The number of benzene rings is 1. The molecule has 1 rings (SSSR count). The standard InChI is InChI=1S/C13H20O3/c1-13(2,3)16-11-8-6-10(7-9-11)12(14-4)15-5/h6-9,12H,1-5H3. The first-order valence-electron chi connectivity index (χ1n) is 5.31. The van der Waals surface area contributed by atoms with Crippen molar-refractivity contribution in [3.05, 3.63) is 29.8 Å². The molecule has 0 atom stereocenters. The van der Waals surface area contributed by atoms with E-state index in [-0.39, 0.29) is 11.9 Å². The Morgan fingerprint density at radius 2 is 1.44 bits per heavy atom. The summed E-state index contributed by atoms with van der Waals surface area (Å²) in [6.45, 7) is 6.07. The first-order valence-corrected chi connectivity index (χ1v) is 5.31. The van der Waals surface area contributed by atoms with Gasteiger partial charge in [0.15, 0.2) is 6.29 Å². The maximum absolute atomic E-state index is 5.72. The highest BCUT2D eigenvalue weighted by Crippen LogP contribution is 2.23. The van der Waals surface area contributed by atoms with Crippen LogP contribution in [0.2, 0.25) is 0 Å². The lowest BCUT2D eigenvalue weighted by Gasteiger charge is -2.21. The van der Waals surface area contributed by atoms with Crippen molar-refractivity contribution in [1.82, 2.24) is 0 Å². The van der Waals surface area contributed by atoms with E-state index in [4.69, 9.17) is 14.2 Å². The Morgan fingerprint density at radius 3 is 1.81 bits per heavy atom. The molecule has 0 heterocycles. The molecule has 1 aromatic rings. The van der Waals surface area contributed by atoms with Crippen LogP contribution in [0.5, 0.6) is 5.75 Å². The molecule has 0 aliphatic rings. The van der Waals surface area contributed by atoms with Gasteiger partial charge in [0, 0.05) is 19.8 Å². The summed E-state index contributed by atoms with van der Waals surface area (Å²) in [5.74, 6) is 0.849. The zero-order chi connectivity index (χ0) is 12.2. The van der Waals surface area contributed by atoms with Gasteiger partial charge in [0.1, 0.15) is 11.4 Å². The molecule has 0 radical (unpaired) electrons. The monoisotopic (exact) mass is 224 g/mol. The van der Waals surface area contributed by atoms with E-state index in [0.29, 0.717) is 0 Å². The molecular weight excluding hydrogens is 204 g/mol. The molecular formula is C13H20O3. The molecule has 0 unspecified atom stereocenters. The summed E-state index contributed by atoms with van der Waals surface area (Å²) < 4.78 is 16.0. The number of ether oxygens (including phenoxy) is 3. The lowest BCUT2D eigenvalue weighted by molar-refractivity contribution is -0.106. The minimum absolute atomic E-state index is 0.177. The lowest BCUT2D eigenvalue weighted by atomic mass is 10.1. The van der Waals surface area contributed by atoms with Crippen LogP contribution in [0.1, 0.15) is 32.6 Å². The molecule has 0 fully saturated rings. The average molecular weight is 224 g/mol. The quantitative estimate of drug-likeness (QED) is 0.735. The third-order valence-corrected chi connectivity index (χ3v) is 2.00. The molecule has 0 bridgehead atoms. The number of rotatable bonds is 4. The minimum atomic E-state index is -0.316. The highest BCUT2D eigenvalue weighted by molar-refractivity contribution is 5.28. The molecule has 0 saturated heterocycles. The van der Waals surface area contributed by atoms with Crippen LogP contribution in [0.15, 0.2) is 24.3 Å². The fourth-order valence-corrected chi connectivity index (χ4v) is 1.41. The molecule has 0 saturated carbocycles. The number of hydrogen-bond acceptors (Lipinski definition) is 3. The topological polar surface area (TPSA) is 27.7 Å². The predicted molar refractivity (Wildman–Crippen MR) is 63.6 cm³/mol. The molecule has 0 N–H and O–H groups in total. The van der Waals surface area contributed by atoms with E-state index >= 15 is 0 Å². The Kier molecular flexibility index (Phi) is 4.33. The zero-order valence-corrected chi connectivity index (χ0v) is 10.6. The number of methoxy groups -OCH3 is 2. The largest absolute Gasteiger partial charge is 0.488 e. The highest BCUT2D eigenvalue weighted by Gasteiger charge is 2.13. The second-order valence-electron chi connectivity index (χ2n) is 4.59. The van der Waals surface area contributed by atoms with E-state index in [9.17, 15) is 0 Å². The number of hydrogen-bond donors (Lipinski definition) is 0. The van der Waals surface area contributed by atoms with Crippen LogP contribution < -0.4 is 4.74 Å². The van der Waals surface area contributed by atoms with Crippen molar-refractivity contribution >= 4 is 0 Å². The van der Waals surface area contributed by atoms with Gasteiger partial charge >= 0.3 is 0 Å². The fraction of sp³-hybridized carbons (Fsp3) is 0.538. The Labute approximate surface area is 97.3 Å². The average Bonchev–Trinajstić information content (AvgIpc) is 2.20. The van der Waals surface area contributed by atoms with E-state index in [2.05, 4.69) is 0 Å². The maximum Gasteiger partial charge on any atom is 0.183 e. The fourth-order valence-electron chi connectivity index (χ4n) is 1.41. The molecule has 16 heavy (non-hydrogen) atoms. The van der Waals surface area contributed by atoms with E-state index in [1.54, 1.807) is 14.2 Å². The summed E-state index contributed by atoms with van der Waals surface area (Å²) in [6.07, 6.45) is -0.316. The molecule has 0 aliphatic heterocycles. The second kappa shape index (κ2) is 5.32. The van der Waals surface area contributed by atoms with Crippen LogP contribution in [0.4, 0.5) is 0 Å². The van der Waals surface area contributed by atoms with Crippen molar-refractivity contribution in [3.63, 3.8) is 0 Å². The van der Waals surface area contributed by atoms with Crippen LogP contribution in [-0.2, 0) is 9.47 Å². The molecule has 0 amide bonds. The van der Waals surface area contributed by atoms with E-state index < -0.39 is 0 Å². The van der Waals surface area contributed by atoms with Crippen molar-refractivity contribution in [1.29, 1.82) is 0 Å². The van der Waals surface area contributed by atoms with Crippen LogP contribution in [0, 0.1) is 0 Å². The summed E-state index contributed by atoms with van der Waals surface area (Å²) in [5.41, 5.74) is 0.801. The Hall–Kier alpha value is -1.06. The van der Waals surface area contributed by atoms with Crippen LogP contribution >= 0.6 is 0 Å². The van der Waals surface area contributed by atoms with Crippen molar-refractivity contribution in [2.24, 2.45) is 0 Å². The molecule has 0 spiro atoms. The summed E-state index contributed by atoms with van der Waals surface area (Å²) in [6, 6.07) is 7.73. The van der Waals surface area contributed by atoms with Gasteiger partial charge in [-0.1, -0.05) is 12.1 Å². The van der Waals surface area contributed by atoms with Gasteiger partial charge < -0.3 is 14.2 Å². The van der Waals surface area contributed by atoms with Crippen LogP contribution in [0.25, 0.3) is 0 Å². The van der Waals surface area contributed by atoms with E-state index in [0.717, 1.165) is 11.3 Å². The lowest BCUT2D eigenvalue weighted by Crippen LogP contribution is -2.22. The van der Waals surface area contributed by atoms with Crippen molar-refractivity contribution in [2.45, 2.75) is 32.7 Å². The first kappa shape index (κ1) is 13.0. The summed E-state index contributed by atoms with van der Waals surface area (Å²) in [4.78, 5) is 0. The van der Waals surface area contributed by atoms with Gasteiger partial charge in [0.25, 0.3) is 0 Å². The zero-order valence-electron chi connectivity index (χ0n) is 10.6. The third kappa shape index (κ3) is 3.83. The van der Waals surface area contributed by atoms with Crippen LogP contribution in [-0.4, -0.2) is 19.8 Å². The second-order valence-corrected chi connectivity index (χ2v) is 4.59. The third-order valence-electron chi connectivity index (χ3n) is 2.00. The highest BCUT2D eigenvalue weighted by atomic mass is 16.7. The van der Waals surface area contributed by atoms with Gasteiger partial charge in [-0.05, 0) is 32.9 Å². The van der Waals surface area contributed by atoms with Crippen molar-refractivity contribution in [3.8, 4) is 5.75 Å². The molecule has 0 aromatic heterocycles. The normalized spacial score (nSPS) is 11.9. The Morgan fingerprint density at radius 1 is 0.938 bits per heavy atom. The van der Waals surface area contributed by atoms with Crippen molar-refractivity contribution < 1.29 is 14.2 Å². The van der Waals surface area contributed by atoms with Gasteiger partial charge in [-0.15, -0.1) is 0 Å². The summed E-state index contributed by atoms with van der Waals surface area (Å²) in [7, 11) is 3.24. The Balaban J connectivity index is 2.75. The molecule has 3 heteroatoms. The van der Waals surface area contributed by atoms with Gasteiger partial charge in [0.05, 0.1) is 0 Å². The van der Waals surface area contributed by atoms with Gasteiger partial charge in [-0.25, -0.2) is 0 Å². The minimum Gasteiger partial charge on any atom is -0.488 e. The van der Waals surface area contributed by atoms with E-state index in [1.165, 1.54) is 0 Å². The van der Waals surface area contributed by atoms with Crippen LogP contribution in [0.3, 0.4) is 0 Å². The van der Waals surface area contributed by atoms with Crippen molar-refractivity contribution in [2.75, 3.05) is 14.2 Å². The summed E-state index contributed by atoms with van der Waals surface area (Å²) in [5, 5.41) is 0. The van der Waals surface area contributed by atoms with Gasteiger partial charge in [0.2, 0.25) is 0 Å². The maximum atomic E-state index is 5.72. The summed E-state index contributed by atoms with van der Waals surface area (Å²) >= 11 is 0. The first-order chi connectivity index (χ1) is 7.46. The molecule has 3 nitrogen and oxygen atoms in total. The molecule has 1 aromatic carbocycles. The SMILES string of the molecule is COC(OC)c1ccc(OC(C)(C)C)cc1. The molecule has 90 valence electrons. The molecule has 0 aliphatic carbocycles. The van der Waals surface area contributed by atoms with Gasteiger partial charge in [-0.2, -0.15) is 0 Å². The smallest absolute Gasteiger partial charge is 0.183 e.